The fraction of sp³-hybridized carbons (Fsp3) is 0.474. The standard InChI is InChI=1S/C19H24ClN5O2S/c1-2-8-21-18-17-16(7-13-28(17,26)27)22-19(23-18)25-11-9-24(10-12-25)15-5-3-14(20)4-6-15/h3-6H,2,7-13H2,1H3,(H,21,22,23). The monoisotopic (exact) mass is 421 g/mol. The first-order valence-electron chi connectivity index (χ1n) is 9.61. The Labute approximate surface area is 170 Å². The van der Waals surface area contributed by atoms with Crippen molar-refractivity contribution in [3.05, 3.63) is 35.0 Å². The highest BCUT2D eigenvalue weighted by Crippen LogP contribution is 2.32. The van der Waals surface area contributed by atoms with E-state index < -0.39 is 9.84 Å². The third-order valence-electron chi connectivity index (χ3n) is 5.14. The Morgan fingerprint density at radius 2 is 1.75 bits per heavy atom. The van der Waals surface area contributed by atoms with Crippen LogP contribution in [0.2, 0.25) is 5.02 Å². The summed E-state index contributed by atoms with van der Waals surface area (Å²) >= 11 is 5.98. The maximum atomic E-state index is 12.4. The molecule has 1 N–H and O–H groups in total. The molecule has 4 rings (SSSR count). The number of hydrogen-bond acceptors (Lipinski definition) is 7. The molecule has 2 aromatic rings. The zero-order chi connectivity index (χ0) is 19.7. The van der Waals surface area contributed by atoms with Crippen molar-refractivity contribution < 1.29 is 8.42 Å². The van der Waals surface area contributed by atoms with Gasteiger partial charge in [-0.2, -0.15) is 4.98 Å². The number of aromatic nitrogens is 2. The van der Waals surface area contributed by atoms with Gasteiger partial charge in [0.15, 0.2) is 15.7 Å². The predicted octanol–water partition coefficient (Wildman–Crippen LogP) is 2.61. The molecular weight excluding hydrogens is 398 g/mol. The van der Waals surface area contributed by atoms with Crippen LogP contribution >= 0.6 is 11.6 Å². The fourth-order valence-electron chi connectivity index (χ4n) is 3.63. The van der Waals surface area contributed by atoms with Crippen LogP contribution in [0.4, 0.5) is 17.5 Å². The van der Waals surface area contributed by atoms with Crippen molar-refractivity contribution in [2.24, 2.45) is 0 Å². The molecule has 0 unspecified atom stereocenters. The Morgan fingerprint density at radius 3 is 2.43 bits per heavy atom. The van der Waals surface area contributed by atoms with Crippen molar-refractivity contribution in [2.75, 3.05) is 53.6 Å². The number of nitrogens with one attached hydrogen (secondary N) is 1. The fourth-order valence-corrected chi connectivity index (χ4v) is 5.35. The molecule has 2 aliphatic heterocycles. The van der Waals surface area contributed by atoms with Crippen molar-refractivity contribution >= 4 is 38.9 Å². The summed E-state index contributed by atoms with van der Waals surface area (Å²) in [6.07, 6.45) is 1.35. The van der Waals surface area contributed by atoms with Gasteiger partial charge >= 0.3 is 0 Å². The second-order valence-corrected chi connectivity index (χ2v) is 9.58. The second kappa shape index (κ2) is 7.75. The Morgan fingerprint density at radius 1 is 1.07 bits per heavy atom. The molecule has 0 aliphatic carbocycles. The number of benzene rings is 1. The van der Waals surface area contributed by atoms with E-state index in [1.807, 2.05) is 31.2 Å². The van der Waals surface area contributed by atoms with E-state index in [2.05, 4.69) is 25.1 Å². The van der Waals surface area contributed by atoms with Crippen LogP contribution in [0.1, 0.15) is 19.0 Å². The van der Waals surface area contributed by atoms with Crippen LogP contribution in [0, 0.1) is 0 Å². The van der Waals surface area contributed by atoms with E-state index in [-0.39, 0.29) is 5.75 Å². The summed E-state index contributed by atoms with van der Waals surface area (Å²) < 4.78 is 24.8. The molecule has 1 saturated heterocycles. The SMILES string of the molecule is CCCNc1nc(N2CCN(c3ccc(Cl)cc3)CC2)nc2c1S(=O)(=O)CC2. The van der Waals surface area contributed by atoms with Gasteiger partial charge in [0.2, 0.25) is 5.95 Å². The number of piperazine rings is 1. The molecular formula is C19H24ClN5O2S. The number of sulfone groups is 1. The first kappa shape index (κ1) is 19.3. The minimum absolute atomic E-state index is 0.117. The normalized spacial score (nSPS) is 18.2. The highest BCUT2D eigenvalue weighted by molar-refractivity contribution is 7.91. The number of fused-ring (bicyclic) bond motifs is 1. The van der Waals surface area contributed by atoms with Gasteiger partial charge in [0.1, 0.15) is 4.90 Å². The van der Waals surface area contributed by atoms with Crippen molar-refractivity contribution in [1.82, 2.24) is 9.97 Å². The molecule has 0 atom stereocenters. The molecule has 0 bridgehead atoms. The summed E-state index contributed by atoms with van der Waals surface area (Å²) in [6.45, 7) is 5.97. The summed E-state index contributed by atoms with van der Waals surface area (Å²) in [4.78, 5) is 13.9. The van der Waals surface area contributed by atoms with Gasteiger partial charge in [-0.3, -0.25) is 0 Å². The average Bonchev–Trinajstić information content (AvgIpc) is 3.02. The molecule has 0 saturated carbocycles. The zero-order valence-electron chi connectivity index (χ0n) is 15.9. The molecule has 1 aromatic carbocycles. The minimum atomic E-state index is -3.29. The summed E-state index contributed by atoms with van der Waals surface area (Å²) in [5.74, 6) is 1.19. The number of anilines is 3. The number of nitrogens with zero attached hydrogens (tertiary/aromatic N) is 4. The number of hydrogen-bond donors (Lipinski definition) is 1. The molecule has 1 aromatic heterocycles. The lowest BCUT2D eigenvalue weighted by Gasteiger charge is -2.36. The quantitative estimate of drug-likeness (QED) is 0.794. The van der Waals surface area contributed by atoms with E-state index in [0.29, 0.717) is 35.3 Å². The number of rotatable bonds is 5. The Kier molecular flexibility index (Phi) is 5.33. The first-order valence-corrected chi connectivity index (χ1v) is 11.6. The lowest BCUT2D eigenvalue weighted by atomic mass is 10.2. The Bertz CT molecular complexity index is 957. The maximum Gasteiger partial charge on any atom is 0.227 e. The highest BCUT2D eigenvalue weighted by Gasteiger charge is 2.33. The third kappa shape index (κ3) is 3.75. The van der Waals surface area contributed by atoms with E-state index >= 15 is 0 Å². The van der Waals surface area contributed by atoms with Crippen molar-refractivity contribution in [1.29, 1.82) is 0 Å². The van der Waals surface area contributed by atoms with E-state index in [9.17, 15) is 8.42 Å². The highest BCUT2D eigenvalue weighted by atomic mass is 35.5. The largest absolute Gasteiger partial charge is 0.369 e. The molecule has 150 valence electrons. The topological polar surface area (TPSA) is 78.4 Å². The Balaban J connectivity index is 1.54. The van der Waals surface area contributed by atoms with Crippen LogP contribution in [-0.4, -0.2) is 56.9 Å². The van der Waals surface area contributed by atoms with Crippen LogP contribution < -0.4 is 15.1 Å². The molecule has 0 radical (unpaired) electrons. The molecule has 1 fully saturated rings. The van der Waals surface area contributed by atoms with Gasteiger partial charge in [0.05, 0.1) is 11.4 Å². The zero-order valence-corrected chi connectivity index (χ0v) is 17.4. The van der Waals surface area contributed by atoms with E-state index in [1.165, 1.54) is 0 Å². The van der Waals surface area contributed by atoms with Crippen LogP contribution in [0.3, 0.4) is 0 Å². The van der Waals surface area contributed by atoms with Crippen LogP contribution in [0.5, 0.6) is 0 Å². The lowest BCUT2D eigenvalue weighted by molar-refractivity contribution is 0.599. The van der Waals surface area contributed by atoms with Gasteiger partial charge in [-0.25, -0.2) is 13.4 Å². The molecule has 2 aliphatic rings. The summed E-state index contributed by atoms with van der Waals surface area (Å²) in [5.41, 5.74) is 1.79. The minimum Gasteiger partial charge on any atom is -0.369 e. The van der Waals surface area contributed by atoms with E-state index in [1.54, 1.807) is 0 Å². The average molecular weight is 422 g/mol. The molecule has 28 heavy (non-hydrogen) atoms. The van der Waals surface area contributed by atoms with Crippen LogP contribution in [-0.2, 0) is 16.3 Å². The van der Waals surface area contributed by atoms with E-state index in [0.717, 1.165) is 43.3 Å². The summed E-state index contributed by atoms with van der Waals surface area (Å²) in [6, 6.07) is 7.86. The van der Waals surface area contributed by atoms with Gasteiger partial charge < -0.3 is 15.1 Å². The van der Waals surface area contributed by atoms with Crippen molar-refractivity contribution in [3.63, 3.8) is 0 Å². The number of halogens is 1. The van der Waals surface area contributed by atoms with Crippen molar-refractivity contribution in [3.8, 4) is 0 Å². The van der Waals surface area contributed by atoms with Crippen LogP contribution in [0.25, 0.3) is 0 Å². The first-order chi connectivity index (χ1) is 13.5. The summed E-state index contributed by atoms with van der Waals surface area (Å²) in [5, 5.41) is 3.92. The molecule has 3 heterocycles. The molecule has 0 spiro atoms. The smallest absolute Gasteiger partial charge is 0.227 e. The maximum absolute atomic E-state index is 12.4. The molecule has 0 amide bonds. The van der Waals surface area contributed by atoms with Gasteiger partial charge in [0, 0.05) is 49.9 Å². The molecule has 7 nitrogen and oxygen atoms in total. The number of aryl methyl sites for hydroxylation is 1. The molecule has 9 heteroatoms. The van der Waals surface area contributed by atoms with Gasteiger partial charge in [-0.05, 0) is 30.7 Å². The lowest BCUT2D eigenvalue weighted by Crippen LogP contribution is -2.47. The van der Waals surface area contributed by atoms with Crippen molar-refractivity contribution in [2.45, 2.75) is 24.7 Å². The van der Waals surface area contributed by atoms with Gasteiger partial charge in [-0.15, -0.1) is 0 Å². The Hall–Kier alpha value is -2.06. The van der Waals surface area contributed by atoms with Crippen LogP contribution in [0.15, 0.2) is 29.2 Å². The van der Waals surface area contributed by atoms with E-state index in [4.69, 9.17) is 11.6 Å². The summed E-state index contributed by atoms with van der Waals surface area (Å²) in [7, 11) is -3.29. The van der Waals surface area contributed by atoms with Gasteiger partial charge in [-0.1, -0.05) is 18.5 Å². The third-order valence-corrected chi connectivity index (χ3v) is 7.18. The van der Waals surface area contributed by atoms with Gasteiger partial charge in [0.25, 0.3) is 0 Å². The second-order valence-electron chi connectivity index (χ2n) is 7.09. The predicted molar refractivity (Wildman–Crippen MR) is 112 cm³/mol.